The molecule has 0 unspecified atom stereocenters. The molecule has 1 saturated heterocycles. The molecule has 0 radical (unpaired) electrons. The van der Waals surface area contributed by atoms with Crippen molar-refractivity contribution in [2.45, 2.75) is 12.1 Å². The fraction of sp³-hybridized carbons (Fsp3) is 0.111. The lowest BCUT2D eigenvalue weighted by molar-refractivity contribution is 0.565. The Morgan fingerprint density at radius 2 is 1.92 bits per heavy atom. The summed E-state index contributed by atoms with van der Waals surface area (Å²) >= 11 is 13.1. The second kappa shape index (κ2) is 6.71. The normalized spacial score (nSPS) is 19.9. The van der Waals surface area contributed by atoms with E-state index in [2.05, 4.69) is 10.3 Å². The Bertz CT molecular complexity index is 915. The zero-order valence-corrected chi connectivity index (χ0v) is 15.3. The second-order valence-electron chi connectivity index (χ2n) is 5.59. The molecule has 126 valence electrons. The molecular formula is C18H13ClFN3S2. The molecule has 0 saturated carbocycles. The highest BCUT2D eigenvalue weighted by Crippen LogP contribution is 2.44. The van der Waals surface area contributed by atoms with Crippen molar-refractivity contribution in [3.05, 3.63) is 81.5 Å². The molecule has 2 aromatic heterocycles. The van der Waals surface area contributed by atoms with Crippen LogP contribution in [0.2, 0.25) is 4.34 Å². The number of rotatable bonds is 3. The third-order valence-corrected chi connectivity index (χ3v) is 5.71. The monoisotopic (exact) mass is 389 g/mol. The van der Waals surface area contributed by atoms with Gasteiger partial charge in [0.1, 0.15) is 5.82 Å². The van der Waals surface area contributed by atoms with Crippen molar-refractivity contribution >= 4 is 46.0 Å². The number of nitrogens with zero attached hydrogens (tertiary/aromatic N) is 2. The van der Waals surface area contributed by atoms with Crippen molar-refractivity contribution in [3.8, 4) is 0 Å². The molecule has 3 nitrogen and oxygen atoms in total. The number of hydrogen-bond acceptors (Lipinski definition) is 3. The maximum atomic E-state index is 14.5. The second-order valence-corrected chi connectivity index (χ2v) is 7.72. The van der Waals surface area contributed by atoms with Gasteiger partial charge in [-0.15, -0.1) is 11.3 Å². The van der Waals surface area contributed by atoms with Crippen LogP contribution in [0.4, 0.5) is 10.1 Å². The van der Waals surface area contributed by atoms with Crippen LogP contribution in [-0.4, -0.2) is 10.1 Å². The van der Waals surface area contributed by atoms with Crippen LogP contribution in [0.5, 0.6) is 0 Å². The van der Waals surface area contributed by atoms with Crippen molar-refractivity contribution in [1.29, 1.82) is 0 Å². The highest BCUT2D eigenvalue weighted by molar-refractivity contribution is 7.80. The Morgan fingerprint density at radius 1 is 1.12 bits per heavy atom. The zero-order valence-electron chi connectivity index (χ0n) is 12.9. The van der Waals surface area contributed by atoms with Crippen LogP contribution >= 0.6 is 35.2 Å². The number of anilines is 1. The average Bonchev–Trinajstić information content (AvgIpc) is 3.19. The number of thiophene rings is 1. The molecule has 1 aromatic carbocycles. The van der Waals surface area contributed by atoms with Crippen LogP contribution in [0, 0.1) is 5.82 Å². The maximum Gasteiger partial charge on any atom is 0.174 e. The minimum atomic E-state index is -0.319. The predicted molar refractivity (Wildman–Crippen MR) is 104 cm³/mol. The number of halogens is 2. The Hall–Kier alpha value is -2.02. The third kappa shape index (κ3) is 3.01. The highest BCUT2D eigenvalue weighted by Gasteiger charge is 2.42. The lowest BCUT2D eigenvalue weighted by atomic mass is 10.0. The maximum absolute atomic E-state index is 14.5. The third-order valence-electron chi connectivity index (χ3n) is 4.10. The fourth-order valence-electron chi connectivity index (χ4n) is 3.04. The zero-order chi connectivity index (χ0) is 17.4. The number of nitrogens with one attached hydrogen (secondary N) is 1. The summed E-state index contributed by atoms with van der Waals surface area (Å²) in [6.45, 7) is 0. The summed E-state index contributed by atoms with van der Waals surface area (Å²) in [6, 6.07) is 15.7. The van der Waals surface area contributed by atoms with E-state index in [1.54, 1.807) is 24.4 Å². The topological polar surface area (TPSA) is 28.2 Å². The minimum absolute atomic E-state index is 0.192. The lowest BCUT2D eigenvalue weighted by Crippen LogP contribution is -2.29. The van der Waals surface area contributed by atoms with E-state index >= 15 is 0 Å². The van der Waals surface area contributed by atoms with Crippen molar-refractivity contribution in [3.63, 3.8) is 0 Å². The van der Waals surface area contributed by atoms with Crippen molar-refractivity contribution < 1.29 is 4.39 Å². The van der Waals surface area contributed by atoms with E-state index in [0.717, 1.165) is 10.6 Å². The van der Waals surface area contributed by atoms with Crippen LogP contribution in [0.3, 0.4) is 0 Å². The first-order chi connectivity index (χ1) is 12.1. The summed E-state index contributed by atoms with van der Waals surface area (Å²) in [5.74, 6) is -0.319. The van der Waals surface area contributed by atoms with Crippen molar-refractivity contribution in [1.82, 2.24) is 10.3 Å². The van der Waals surface area contributed by atoms with Gasteiger partial charge in [0, 0.05) is 11.1 Å². The van der Waals surface area contributed by atoms with Crippen molar-refractivity contribution in [2.24, 2.45) is 0 Å². The molecule has 3 aromatic rings. The lowest BCUT2D eigenvalue weighted by Gasteiger charge is -2.27. The molecule has 1 aliphatic rings. The summed E-state index contributed by atoms with van der Waals surface area (Å²) in [6.07, 6.45) is 1.74. The van der Waals surface area contributed by atoms with E-state index in [-0.39, 0.29) is 17.9 Å². The minimum Gasteiger partial charge on any atom is -0.351 e. The Labute approximate surface area is 159 Å². The van der Waals surface area contributed by atoms with Crippen LogP contribution in [0.1, 0.15) is 22.7 Å². The van der Waals surface area contributed by atoms with Gasteiger partial charge in [-0.2, -0.15) is 0 Å². The van der Waals surface area contributed by atoms with E-state index in [9.17, 15) is 4.39 Å². The Kier molecular flexibility index (Phi) is 4.41. The van der Waals surface area contributed by atoms with Gasteiger partial charge in [0.25, 0.3) is 0 Å². The molecule has 0 bridgehead atoms. The molecule has 0 amide bonds. The molecule has 4 rings (SSSR count). The van der Waals surface area contributed by atoms with E-state index < -0.39 is 0 Å². The number of benzene rings is 1. The van der Waals surface area contributed by atoms with Crippen LogP contribution in [0.25, 0.3) is 0 Å². The Morgan fingerprint density at radius 3 is 2.60 bits per heavy atom. The standard InChI is InChI=1S/C18H13ClFN3S2/c19-15-9-8-14(25-15)17-16(12-6-3-4-10-21-12)22-18(24)23(17)13-7-2-1-5-11(13)20/h1-10,16-17H,(H,22,24)/t16-,17+/m0/s1. The van der Waals surface area contributed by atoms with Gasteiger partial charge >= 0.3 is 0 Å². The number of hydrogen-bond donors (Lipinski definition) is 1. The van der Waals surface area contributed by atoms with Gasteiger partial charge in [-0.05, 0) is 48.6 Å². The average molecular weight is 390 g/mol. The molecule has 1 aliphatic heterocycles. The number of para-hydroxylation sites is 1. The molecule has 25 heavy (non-hydrogen) atoms. The smallest absolute Gasteiger partial charge is 0.174 e. The van der Waals surface area contributed by atoms with Gasteiger partial charge < -0.3 is 10.2 Å². The summed E-state index contributed by atoms with van der Waals surface area (Å²) in [7, 11) is 0. The molecular weight excluding hydrogens is 377 g/mol. The SMILES string of the molecule is Fc1ccccc1N1C(=S)N[C@@H](c2ccccn2)[C@H]1c1ccc(Cl)s1. The molecule has 1 N–H and O–H groups in total. The number of thiocarbonyl (C=S) groups is 1. The van der Waals surface area contributed by atoms with Gasteiger partial charge in [0.15, 0.2) is 5.11 Å². The molecule has 1 fully saturated rings. The molecule has 0 aliphatic carbocycles. The van der Waals surface area contributed by atoms with E-state index in [1.807, 2.05) is 35.2 Å². The molecule has 0 spiro atoms. The summed E-state index contributed by atoms with van der Waals surface area (Å²) < 4.78 is 15.2. The van der Waals surface area contributed by atoms with Gasteiger partial charge in [0.2, 0.25) is 0 Å². The Balaban J connectivity index is 1.85. The van der Waals surface area contributed by atoms with Gasteiger partial charge in [-0.1, -0.05) is 29.8 Å². The predicted octanol–water partition coefficient (Wildman–Crippen LogP) is 5.11. The summed E-state index contributed by atoms with van der Waals surface area (Å²) in [5.41, 5.74) is 1.28. The number of aromatic nitrogens is 1. The van der Waals surface area contributed by atoms with Crippen LogP contribution in [-0.2, 0) is 0 Å². The summed E-state index contributed by atoms with van der Waals surface area (Å²) in [5, 5.41) is 3.76. The first kappa shape index (κ1) is 16.4. The molecule has 2 atom stereocenters. The highest BCUT2D eigenvalue weighted by atomic mass is 35.5. The van der Waals surface area contributed by atoms with Crippen LogP contribution < -0.4 is 10.2 Å². The number of pyridine rings is 1. The van der Waals surface area contributed by atoms with E-state index in [0.29, 0.717) is 15.1 Å². The molecule has 3 heterocycles. The van der Waals surface area contributed by atoms with Gasteiger partial charge in [-0.3, -0.25) is 4.98 Å². The largest absolute Gasteiger partial charge is 0.351 e. The quantitative estimate of drug-likeness (QED) is 0.630. The van der Waals surface area contributed by atoms with E-state index in [4.69, 9.17) is 23.8 Å². The van der Waals surface area contributed by atoms with E-state index in [1.165, 1.54) is 17.4 Å². The van der Waals surface area contributed by atoms with Crippen molar-refractivity contribution in [2.75, 3.05) is 4.90 Å². The molecule has 7 heteroatoms. The fourth-order valence-corrected chi connectivity index (χ4v) is 4.57. The van der Waals surface area contributed by atoms with Gasteiger partial charge in [-0.25, -0.2) is 4.39 Å². The van der Waals surface area contributed by atoms with Gasteiger partial charge in [0.05, 0.1) is 27.8 Å². The first-order valence-corrected chi connectivity index (χ1v) is 9.26. The first-order valence-electron chi connectivity index (χ1n) is 7.65. The summed E-state index contributed by atoms with van der Waals surface area (Å²) in [4.78, 5) is 7.27. The van der Waals surface area contributed by atoms with Crippen LogP contribution in [0.15, 0.2) is 60.8 Å².